The number of carbonyl (C=O) groups is 3. The first-order chi connectivity index (χ1) is 11.7. The van der Waals surface area contributed by atoms with E-state index >= 15 is 0 Å². The first-order valence-electron chi connectivity index (χ1n) is 7.89. The van der Waals surface area contributed by atoms with Gasteiger partial charge in [0.25, 0.3) is 5.91 Å². The van der Waals surface area contributed by atoms with Crippen LogP contribution in [0.15, 0.2) is 22.9 Å². The average molecular weight is 413 g/mol. The second-order valence-electron chi connectivity index (χ2n) is 6.64. The van der Waals surface area contributed by atoms with Crippen molar-refractivity contribution in [3.05, 3.63) is 22.9 Å². The van der Waals surface area contributed by atoms with Crippen LogP contribution in [0.3, 0.4) is 0 Å². The Kier molecular flexibility index (Phi) is 5.99. The zero-order chi connectivity index (χ0) is 18.6. The molecule has 2 heterocycles. The lowest BCUT2D eigenvalue weighted by atomic mass is 10.2. The highest BCUT2D eigenvalue weighted by molar-refractivity contribution is 9.10. The molecule has 25 heavy (non-hydrogen) atoms. The van der Waals surface area contributed by atoms with Crippen LogP contribution in [0.1, 0.15) is 33.6 Å². The molecule has 136 valence electrons. The molecule has 9 heteroatoms. The number of nitrogens with one attached hydrogen (secondary N) is 2. The molecule has 1 atom stereocenters. The number of imide groups is 1. The van der Waals surface area contributed by atoms with Gasteiger partial charge in [0.2, 0.25) is 0 Å². The van der Waals surface area contributed by atoms with Crippen LogP contribution in [0.2, 0.25) is 0 Å². The van der Waals surface area contributed by atoms with E-state index < -0.39 is 29.7 Å². The Labute approximate surface area is 154 Å². The number of hydrogen-bond donors (Lipinski definition) is 2. The minimum absolute atomic E-state index is 0.422. The summed E-state index contributed by atoms with van der Waals surface area (Å²) in [5.74, 6) is -0.536. The predicted molar refractivity (Wildman–Crippen MR) is 95.1 cm³/mol. The molecule has 8 nitrogen and oxygen atoms in total. The Morgan fingerprint density at radius 1 is 1.32 bits per heavy atom. The maximum absolute atomic E-state index is 12.3. The first-order valence-corrected chi connectivity index (χ1v) is 8.68. The molecular weight excluding hydrogens is 392 g/mol. The number of rotatable bonds is 2. The van der Waals surface area contributed by atoms with E-state index in [1.807, 2.05) is 0 Å². The lowest BCUT2D eigenvalue weighted by Crippen LogP contribution is -2.49. The molecule has 1 aliphatic heterocycles. The van der Waals surface area contributed by atoms with E-state index in [2.05, 4.69) is 31.5 Å². The van der Waals surface area contributed by atoms with Crippen molar-refractivity contribution < 1.29 is 19.1 Å². The fourth-order valence-electron chi connectivity index (χ4n) is 2.39. The summed E-state index contributed by atoms with van der Waals surface area (Å²) in [6.07, 6.45) is 2.06. The Bertz CT molecular complexity index is 657. The van der Waals surface area contributed by atoms with E-state index in [0.29, 0.717) is 29.7 Å². The monoisotopic (exact) mass is 412 g/mol. The number of urea groups is 1. The molecule has 1 fully saturated rings. The van der Waals surface area contributed by atoms with E-state index in [9.17, 15) is 14.4 Å². The zero-order valence-electron chi connectivity index (χ0n) is 14.3. The maximum Gasteiger partial charge on any atom is 0.410 e. The molecule has 1 aromatic rings. The molecule has 1 aliphatic rings. The summed E-state index contributed by atoms with van der Waals surface area (Å²) < 4.78 is 5.94. The third-order valence-corrected chi connectivity index (χ3v) is 3.87. The Morgan fingerprint density at radius 3 is 2.64 bits per heavy atom. The number of halogens is 1. The number of likely N-dealkylation sites (tertiary alicyclic amines) is 1. The van der Waals surface area contributed by atoms with Crippen molar-refractivity contribution in [1.82, 2.24) is 15.2 Å². The maximum atomic E-state index is 12.3. The number of nitrogens with zero attached hydrogens (tertiary/aromatic N) is 2. The average Bonchev–Trinajstić information content (AvgIpc) is 2.97. The summed E-state index contributed by atoms with van der Waals surface area (Å²) >= 11 is 3.19. The van der Waals surface area contributed by atoms with Gasteiger partial charge in [0, 0.05) is 6.54 Å². The van der Waals surface area contributed by atoms with E-state index in [1.165, 1.54) is 11.1 Å². The summed E-state index contributed by atoms with van der Waals surface area (Å²) in [6, 6.07) is 1.91. The highest BCUT2D eigenvalue weighted by atomic mass is 79.9. The van der Waals surface area contributed by atoms with Crippen molar-refractivity contribution in [2.45, 2.75) is 45.3 Å². The van der Waals surface area contributed by atoms with Crippen LogP contribution in [0, 0.1) is 0 Å². The van der Waals surface area contributed by atoms with Crippen LogP contribution in [-0.2, 0) is 9.53 Å². The van der Waals surface area contributed by atoms with Crippen LogP contribution in [0.5, 0.6) is 0 Å². The van der Waals surface area contributed by atoms with E-state index in [0.717, 1.165) is 0 Å². The third-order valence-electron chi connectivity index (χ3n) is 3.41. The Hall–Kier alpha value is -2.16. The van der Waals surface area contributed by atoms with Crippen LogP contribution in [0.25, 0.3) is 0 Å². The summed E-state index contributed by atoms with van der Waals surface area (Å²) in [6.45, 7) is 5.70. The van der Waals surface area contributed by atoms with Gasteiger partial charge in [0.15, 0.2) is 0 Å². The van der Waals surface area contributed by atoms with E-state index in [4.69, 9.17) is 4.74 Å². The van der Waals surface area contributed by atoms with Gasteiger partial charge in [-0.2, -0.15) is 0 Å². The normalized spacial score (nSPS) is 17.1. The molecule has 0 aromatic carbocycles. The zero-order valence-corrected chi connectivity index (χ0v) is 15.9. The van der Waals surface area contributed by atoms with Crippen molar-refractivity contribution in [2.24, 2.45) is 0 Å². The van der Waals surface area contributed by atoms with Crippen molar-refractivity contribution >= 4 is 39.6 Å². The lowest BCUT2D eigenvalue weighted by molar-refractivity contribution is -0.124. The molecule has 0 saturated carbocycles. The molecule has 2 rings (SSSR count). The van der Waals surface area contributed by atoms with Crippen molar-refractivity contribution in [2.75, 3.05) is 11.9 Å². The molecule has 4 amide bonds. The lowest BCUT2D eigenvalue weighted by Gasteiger charge is -2.27. The number of amides is 4. The number of ether oxygens (including phenoxy) is 1. The fourth-order valence-corrected chi connectivity index (χ4v) is 2.62. The standard InChI is InChI=1S/C16H21BrN4O4/c1-16(2,3)25-15(24)21-8-4-5-11(21)13(22)20-14(23)19-10-6-7-12(17)18-9-10/h6-7,9,11H,4-5,8H2,1-3H3,(H2,19,20,22,23)/t11-/m0/s1. The molecule has 0 bridgehead atoms. The Balaban J connectivity index is 1.93. The summed E-state index contributed by atoms with van der Waals surface area (Å²) in [5, 5.41) is 4.77. The van der Waals surface area contributed by atoms with Gasteiger partial charge in [0.1, 0.15) is 16.2 Å². The van der Waals surface area contributed by atoms with E-state index in [1.54, 1.807) is 32.9 Å². The second-order valence-corrected chi connectivity index (χ2v) is 7.46. The Morgan fingerprint density at radius 2 is 2.04 bits per heavy atom. The molecule has 0 spiro atoms. The molecule has 0 radical (unpaired) electrons. The third kappa shape index (κ3) is 5.70. The minimum atomic E-state index is -0.719. The number of anilines is 1. The molecular formula is C16H21BrN4O4. The fraction of sp³-hybridized carbons (Fsp3) is 0.500. The highest BCUT2D eigenvalue weighted by Crippen LogP contribution is 2.21. The van der Waals surface area contributed by atoms with Gasteiger partial charge in [0.05, 0.1) is 11.9 Å². The van der Waals surface area contributed by atoms with Crippen molar-refractivity contribution in [1.29, 1.82) is 0 Å². The van der Waals surface area contributed by atoms with Gasteiger partial charge in [-0.15, -0.1) is 0 Å². The molecule has 2 N–H and O–H groups in total. The number of pyridine rings is 1. The van der Waals surface area contributed by atoms with Crippen LogP contribution in [0.4, 0.5) is 15.3 Å². The van der Waals surface area contributed by atoms with Crippen LogP contribution in [-0.4, -0.2) is 46.1 Å². The van der Waals surface area contributed by atoms with Gasteiger partial charge in [-0.05, 0) is 61.7 Å². The van der Waals surface area contributed by atoms with Crippen LogP contribution < -0.4 is 10.6 Å². The van der Waals surface area contributed by atoms with Gasteiger partial charge in [-0.3, -0.25) is 15.0 Å². The van der Waals surface area contributed by atoms with Crippen LogP contribution >= 0.6 is 15.9 Å². The minimum Gasteiger partial charge on any atom is -0.444 e. The van der Waals surface area contributed by atoms with E-state index in [-0.39, 0.29) is 0 Å². The summed E-state index contributed by atoms with van der Waals surface area (Å²) in [5.41, 5.74) is -0.198. The van der Waals surface area contributed by atoms with Crippen molar-refractivity contribution in [3.63, 3.8) is 0 Å². The smallest absolute Gasteiger partial charge is 0.410 e. The van der Waals surface area contributed by atoms with Gasteiger partial charge >= 0.3 is 12.1 Å². The van der Waals surface area contributed by atoms with Crippen molar-refractivity contribution in [3.8, 4) is 0 Å². The number of aromatic nitrogens is 1. The SMILES string of the molecule is CC(C)(C)OC(=O)N1CCC[C@H]1C(=O)NC(=O)Nc1ccc(Br)nc1. The summed E-state index contributed by atoms with van der Waals surface area (Å²) in [4.78, 5) is 41.8. The number of carbonyl (C=O) groups excluding carboxylic acids is 3. The topological polar surface area (TPSA) is 101 Å². The molecule has 1 saturated heterocycles. The molecule has 1 aromatic heterocycles. The quantitative estimate of drug-likeness (QED) is 0.727. The predicted octanol–water partition coefficient (Wildman–Crippen LogP) is 2.89. The number of hydrogen-bond acceptors (Lipinski definition) is 5. The van der Waals surface area contributed by atoms with Gasteiger partial charge < -0.3 is 10.1 Å². The second kappa shape index (κ2) is 7.81. The highest BCUT2D eigenvalue weighted by Gasteiger charge is 2.37. The van der Waals surface area contributed by atoms with Gasteiger partial charge in [-0.25, -0.2) is 14.6 Å². The molecule has 0 aliphatic carbocycles. The van der Waals surface area contributed by atoms with Gasteiger partial charge in [-0.1, -0.05) is 0 Å². The largest absolute Gasteiger partial charge is 0.444 e. The molecule has 0 unspecified atom stereocenters. The first kappa shape index (κ1) is 19.2. The summed E-state index contributed by atoms with van der Waals surface area (Å²) in [7, 11) is 0.